The highest BCUT2D eigenvalue weighted by molar-refractivity contribution is 5.34. The Morgan fingerprint density at radius 3 is 1.25 bits per heavy atom. The fourth-order valence-corrected chi connectivity index (χ4v) is 3.23. The van der Waals surface area contributed by atoms with Gasteiger partial charge in [-0.25, -0.2) is 0 Å². The Hall–Kier alpha value is -1.56. The SMILES string of the molecule is CC(C)(C)C(c1ccccc1)c1ccccc1.CCCC(C)(C)C. The van der Waals surface area contributed by atoms with Crippen molar-refractivity contribution in [2.75, 3.05) is 0 Å². The highest BCUT2D eigenvalue weighted by Crippen LogP contribution is 2.40. The van der Waals surface area contributed by atoms with E-state index >= 15 is 0 Å². The predicted octanol–water partition coefficient (Wildman–Crippen LogP) is 7.70. The standard InChI is InChI=1S/C17H20.C7H16/c1-17(2,3)16(14-10-6-4-7-11-14)15-12-8-5-9-13-15;1-5-6-7(2,3)4/h4-13,16H,1-3H3;5-6H2,1-4H3. The molecular formula is C24H36. The Labute approximate surface area is 150 Å². The zero-order valence-corrected chi connectivity index (χ0v) is 16.8. The fraction of sp³-hybridized carbons (Fsp3) is 0.500. The first-order valence-electron chi connectivity index (χ1n) is 9.25. The van der Waals surface area contributed by atoms with Gasteiger partial charge in [-0.3, -0.25) is 0 Å². The topological polar surface area (TPSA) is 0 Å². The lowest BCUT2D eigenvalue weighted by molar-refractivity contribution is 0.358. The molecule has 24 heavy (non-hydrogen) atoms. The molecule has 0 heterocycles. The predicted molar refractivity (Wildman–Crippen MR) is 109 cm³/mol. The maximum absolute atomic E-state index is 2.30. The average Bonchev–Trinajstić information content (AvgIpc) is 2.47. The summed E-state index contributed by atoms with van der Waals surface area (Å²) in [7, 11) is 0. The van der Waals surface area contributed by atoms with Crippen molar-refractivity contribution in [3.05, 3.63) is 71.8 Å². The van der Waals surface area contributed by atoms with Crippen LogP contribution >= 0.6 is 0 Å². The van der Waals surface area contributed by atoms with Crippen LogP contribution in [-0.2, 0) is 0 Å². The minimum atomic E-state index is 0.225. The van der Waals surface area contributed by atoms with E-state index in [1.54, 1.807) is 0 Å². The molecule has 0 spiro atoms. The Morgan fingerprint density at radius 1 is 0.667 bits per heavy atom. The van der Waals surface area contributed by atoms with E-state index in [0.29, 0.717) is 11.3 Å². The van der Waals surface area contributed by atoms with Gasteiger partial charge in [0.1, 0.15) is 0 Å². The molecule has 0 atom stereocenters. The van der Waals surface area contributed by atoms with Gasteiger partial charge in [-0.15, -0.1) is 0 Å². The molecule has 2 aromatic rings. The van der Waals surface area contributed by atoms with E-state index in [2.05, 4.69) is 109 Å². The van der Waals surface area contributed by atoms with Crippen LogP contribution in [0.2, 0.25) is 0 Å². The van der Waals surface area contributed by atoms with Gasteiger partial charge in [-0.1, -0.05) is 116 Å². The lowest BCUT2D eigenvalue weighted by Crippen LogP contribution is -2.19. The molecule has 0 amide bonds. The minimum absolute atomic E-state index is 0.225. The van der Waals surface area contributed by atoms with E-state index in [-0.39, 0.29) is 5.41 Å². The molecule has 2 aromatic carbocycles. The summed E-state index contributed by atoms with van der Waals surface area (Å²) >= 11 is 0. The van der Waals surface area contributed by atoms with E-state index < -0.39 is 0 Å². The molecule has 2 rings (SSSR count). The van der Waals surface area contributed by atoms with E-state index in [0.717, 1.165) is 0 Å². The monoisotopic (exact) mass is 324 g/mol. The van der Waals surface area contributed by atoms with Crippen molar-refractivity contribution in [3.63, 3.8) is 0 Å². The fourth-order valence-electron chi connectivity index (χ4n) is 3.23. The first-order chi connectivity index (χ1) is 11.1. The van der Waals surface area contributed by atoms with Crippen LogP contribution in [0.5, 0.6) is 0 Å². The van der Waals surface area contributed by atoms with Gasteiger partial charge < -0.3 is 0 Å². The zero-order valence-electron chi connectivity index (χ0n) is 16.8. The molecule has 0 unspecified atom stereocenters. The van der Waals surface area contributed by atoms with Crippen LogP contribution in [0.25, 0.3) is 0 Å². The molecule has 132 valence electrons. The quantitative estimate of drug-likeness (QED) is 0.542. The van der Waals surface area contributed by atoms with E-state index in [9.17, 15) is 0 Å². The summed E-state index contributed by atoms with van der Waals surface area (Å²) in [5.74, 6) is 0.449. The van der Waals surface area contributed by atoms with Gasteiger partial charge in [0.15, 0.2) is 0 Å². The van der Waals surface area contributed by atoms with Crippen molar-refractivity contribution in [1.29, 1.82) is 0 Å². The molecule has 0 nitrogen and oxygen atoms in total. The van der Waals surface area contributed by atoms with Gasteiger partial charge in [0.25, 0.3) is 0 Å². The smallest absolute Gasteiger partial charge is 0.0138 e. The Kier molecular flexibility index (Phi) is 7.73. The summed E-state index contributed by atoms with van der Waals surface area (Å²) in [6, 6.07) is 21.5. The number of hydrogen-bond donors (Lipinski definition) is 0. The number of hydrogen-bond acceptors (Lipinski definition) is 0. The summed E-state index contributed by atoms with van der Waals surface area (Å²) in [6.07, 6.45) is 2.65. The molecule has 0 radical (unpaired) electrons. The van der Waals surface area contributed by atoms with E-state index in [1.165, 1.54) is 24.0 Å². The van der Waals surface area contributed by atoms with Gasteiger partial charge in [0.05, 0.1) is 0 Å². The highest BCUT2D eigenvalue weighted by Gasteiger charge is 2.27. The lowest BCUT2D eigenvalue weighted by Gasteiger charge is -2.31. The molecule has 0 fully saturated rings. The maximum Gasteiger partial charge on any atom is 0.0138 e. The molecular weight excluding hydrogens is 288 g/mol. The normalized spacial score (nSPS) is 11.8. The van der Waals surface area contributed by atoms with Crippen LogP contribution < -0.4 is 0 Å². The van der Waals surface area contributed by atoms with E-state index in [1.807, 2.05) is 0 Å². The maximum atomic E-state index is 2.30. The third-order valence-corrected chi connectivity index (χ3v) is 4.13. The second-order valence-corrected chi connectivity index (χ2v) is 8.93. The van der Waals surface area contributed by atoms with Crippen LogP contribution in [0.3, 0.4) is 0 Å². The van der Waals surface area contributed by atoms with Crippen molar-refractivity contribution in [2.45, 2.75) is 67.2 Å². The Morgan fingerprint density at radius 2 is 1.04 bits per heavy atom. The summed E-state index contributed by atoms with van der Waals surface area (Å²) < 4.78 is 0. The van der Waals surface area contributed by atoms with Gasteiger partial charge in [-0.2, -0.15) is 0 Å². The van der Waals surface area contributed by atoms with Crippen LogP contribution in [0, 0.1) is 10.8 Å². The molecule has 0 aliphatic rings. The number of benzene rings is 2. The van der Waals surface area contributed by atoms with Crippen LogP contribution in [0.4, 0.5) is 0 Å². The molecule has 0 aliphatic heterocycles. The Bertz CT molecular complexity index is 513. The molecule has 0 saturated carbocycles. The first-order valence-corrected chi connectivity index (χ1v) is 9.25. The molecule has 0 N–H and O–H groups in total. The average molecular weight is 325 g/mol. The lowest BCUT2D eigenvalue weighted by atomic mass is 9.73. The third kappa shape index (κ3) is 7.34. The summed E-state index contributed by atoms with van der Waals surface area (Å²) in [4.78, 5) is 0. The van der Waals surface area contributed by atoms with Crippen molar-refractivity contribution in [2.24, 2.45) is 10.8 Å². The number of rotatable bonds is 3. The zero-order chi connectivity index (χ0) is 18.2. The van der Waals surface area contributed by atoms with Crippen LogP contribution in [0.15, 0.2) is 60.7 Å². The second kappa shape index (κ2) is 9.06. The van der Waals surface area contributed by atoms with Crippen molar-refractivity contribution in [3.8, 4) is 0 Å². The van der Waals surface area contributed by atoms with Crippen molar-refractivity contribution < 1.29 is 0 Å². The second-order valence-electron chi connectivity index (χ2n) is 8.93. The first kappa shape index (κ1) is 20.5. The minimum Gasteiger partial charge on any atom is -0.0654 e. The summed E-state index contributed by atoms with van der Waals surface area (Å²) in [5.41, 5.74) is 3.56. The van der Waals surface area contributed by atoms with Gasteiger partial charge >= 0.3 is 0 Å². The molecule has 0 aromatic heterocycles. The van der Waals surface area contributed by atoms with Gasteiger partial charge in [0, 0.05) is 5.92 Å². The van der Waals surface area contributed by atoms with Crippen molar-refractivity contribution >= 4 is 0 Å². The van der Waals surface area contributed by atoms with Crippen LogP contribution in [-0.4, -0.2) is 0 Å². The van der Waals surface area contributed by atoms with Crippen LogP contribution in [0.1, 0.15) is 78.4 Å². The van der Waals surface area contributed by atoms with E-state index in [4.69, 9.17) is 0 Å². The molecule has 0 heteroatoms. The van der Waals surface area contributed by atoms with Gasteiger partial charge in [-0.05, 0) is 28.4 Å². The summed E-state index contributed by atoms with van der Waals surface area (Å²) in [5, 5.41) is 0. The van der Waals surface area contributed by atoms with Crippen molar-refractivity contribution in [1.82, 2.24) is 0 Å². The molecule has 0 aliphatic carbocycles. The molecule has 0 bridgehead atoms. The largest absolute Gasteiger partial charge is 0.0654 e. The molecule has 0 saturated heterocycles. The summed E-state index contributed by atoms with van der Waals surface area (Å²) in [6.45, 7) is 16.0. The van der Waals surface area contributed by atoms with Gasteiger partial charge in [0.2, 0.25) is 0 Å². The third-order valence-electron chi connectivity index (χ3n) is 4.13. The Balaban J connectivity index is 0.000000351. The highest BCUT2D eigenvalue weighted by atomic mass is 14.3.